The molecule has 150 valence electrons. The van der Waals surface area contributed by atoms with Crippen LogP contribution in [0, 0.1) is 0 Å². The number of rotatable bonds is 7. The van der Waals surface area contributed by atoms with Gasteiger partial charge in [-0.1, -0.05) is 18.2 Å². The topological polar surface area (TPSA) is 93.1 Å². The van der Waals surface area contributed by atoms with Crippen molar-refractivity contribution in [2.45, 2.75) is 6.92 Å². The van der Waals surface area contributed by atoms with Crippen LogP contribution >= 0.6 is 27.7 Å². The Kier molecular flexibility index (Phi) is 6.60. The van der Waals surface area contributed by atoms with Gasteiger partial charge in [-0.25, -0.2) is 9.69 Å². The van der Waals surface area contributed by atoms with E-state index in [2.05, 4.69) is 15.9 Å². The molecule has 1 aliphatic rings. The van der Waals surface area contributed by atoms with Gasteiger partial charge in [0.05, 0.1) is 17.2 Å². The summed E-state index contributed by atoms with van der Waals surface area (Å²) in [6.45, 7) is 1.65. The molecule has 0 unspecified atom stereocenters. The Balaban J connectivity index is 1.89. The summed E-state index contributed by atoms with van der Waals surface area (Å²) in [5.41, 5.74) is 1.10. The Bertz CT molecular complexity index is 1010. The quantitative estimate of drug-likeness (QED) is 0.584. The Morgan fingerprint density at radius 3 is 2.62 bits per heavy atom. The van der Waals surface area contributed by atoms with Gasteiger partial charge in [-0.15, -0.1) is 0 Å². The molecule has 3 rings (SSSR count). The summed E-state index contributed by atoms with van der Waals surface area (Å²) in [6, 6.07) is 11.8. The van der Waals surface area contributed by atoms with Gasteiger partial charge in [-0.2, -0.15) is 0 Å². The Labute approximate surface area is 179 Å². The fraction of sp³-hybridized carbons (Fsp3) is 0.150. The third kappa shape index (κ3) is 4.80. The maximum Gasteiger partial charge on any atom is 0.341 e. The van der Waals surface area contributed by atoms with Crippen LogP contribution in [0.25, 0.3) is 6.08 Å². The Morgan fingerprint density at radius 2 is 1.93 bits per heavy atom. The number of carboxylic acid groups (broad SMARTS) is 1. The van der Waals surface area contributed by atoms with Crippen molar-refractivity contribution in [3.8, 4) is 11.5 Å². The van der Waals surface area contributed by atoms with E-state index in [0.717, 1.165) is 16.7 Å². The summed E-state index contributed by atoms with van der Waals surface area (Å²) in [4.78, 5) is 37.3. The summed E-state index contributed by atoms with van der Waals surface area (Å²) < 4.78 is 11.4. The molecule has 0 atom stereocenters. The fourth-order valence-corrected chi connectivity index (χ4v) is 3.90. The van der Waals surface area contributed by atoms with E-state index in [1.54, 1.807) is 55.5 Å². The van der Waals surface area contributed by atoms with Crippen LogP contribution in [-0.2, 0) is 9.59 Å². The molecule has 1 heterocycles. The molecule has 0 aliphatic carbocycles. The molecule has 1 N–H and O–H groups in total. The predicted molar refractivity (Wildman–Crippen MR) is 113 cm³/mol. The molecule has 0 saturated carbocycles. The van der Waals surface area contributed by atoms with Gasteiger partial charge in [0.15, 0.2) is 18.1 Å². The summed E-state index contributed by atoms with van der Waals surface area (Å²) in [7, 11) is 0. The Hall–Kier alpha value is -2.78. The lowest BCUT2D eigenvalue weighted by atomic mass is 10.1. The van der Waals surface area contributed by atoms with Crippen molar-refractivity contribution in [3.05, 3.63) is 57.4 Å². The number of amides is 2. The van der Waals surface area contributed by atoms with Crippen molar-refractivity contribution in [3.63, 3.8) is 0 Å². The third-order valence-corrected chi connectivity index (χ3v) is 5.34. The van der Waals surface area contributed by atoms with Crippen molar-refractivity contribution in [1.82, 2.24) is 0 Å². The molecule has 0 spiro atoms. The first kappa shape index (κ1) is 20.9. The number of aliphatic carboxylic acids is 1. The van der Waals surface area contributed by atoms with Crippen LogP contribution in [0.3, 0.4) is 0 Å². The number of hydrogen-bond acceptors (Lipinski definition) is 6. The smallest absolute Gasteiger partial charge is 0.341 e. The van der Waals surface area contributed by atoms with E-state index in [4.69, 9.17) is 14.6 Å². The molecular weight excluding hydrogens is 462 g/mol. The molecule has 2 amide bonds. The molecule has 0 aromatic heterocycles. The molecule has 1 saturated heterocycles. The SMILES string of the molecule is CCOc1cc(/C=C2/SC(=O)N(c3ccccc3Br)C2=O)ccc1OCC(=O)O. The zero-order valence-electron chi connectivity index (χ0n) is 15.3. The number of para-hydroxylation sites is 1. The molecule has 0 radical (unpaired) electrons. The largest absolute Gasteiger partial charge is 0.490 e. The van der Waals surface area contributed by atoms with E-state index in [1.165, 1.54) is 0 Å². The summed E-state index contributed by atoms with van der Waals surface area (Å²) >= 11 is 4.21. The molecule has 1 fully saturated rings. The molecule has 2 aromatic carbocycles. The van der Waals surface area contributed by atoms with Crippen molar-refractivity contribution < 1.29 is 29.0 Å². The monoisotopic (exact) mass is 477 g/mol. The highest BCUT2D eigenvalue weighted by Gasteiger charge is 2.37. The number of ether oxygens (including phenoxy) is 2. The minimum atomic E-state index is -1.10. The van der Waals surface area contributed by atoms with Crippen LogP contribution in [0.2, 0.25) is 0 Å². The number of carboxylic acids is 1. The molecule has 29 heavy (non-hydrogen) atoms. The molecule has 0 bridgehead atoms. The third-order valence-electron chi connectivity index (χ3n) is 3.80. The number of hydrogen-bond donors (Lipinski definition) is 1. The van der Waals surface area contributed by atoms with Crippen molar-refractivity contribution >= 4 is 56.6 Å². The van der Waals surface area contributed by atoms with Crippen LogP contribution in [-0.4, -0.2) is 35.4 Å². The van der Waals surface area contributed by atoms with E-state index >= 15 is 0 Å². The number of benzene rings is 2. The summed E-state index contributed by atoms with van der Waals surface area (Å²) in [5.74, 6) is -0.881. The molecule has 7 nitrogen and oxygen atoms in total. The van der Waals surface area contributed by atoms with E-state index in [-0.39, 0.29) is 15.9 Å². The number of carbonyl (C=O) groups excluding carboxylic acids is 2. The average molecular weight is 478 g/mol. The number of halogens is 1. The van der Waals surface area contributed by atoms with Crippen LogP contribution in [0.4, 0.5) is 10.5 Å². The number of anilines is 1. The number of imide groups is 1. The summed E-state index contributed by atoms with van der Waals surface area (Å²) in [5, 5.41) is 8.39. The molecular formula is C20H16BrNO6S. The normalized spacial score (nSPS) is 15.1. The van der Waals surface area contributed by atoms with Crippen LogP contribution in [0.5, 0.6) is 11.5 Å². The second kappa shape index (κ2) is 9.15. The molecule has 9 heteroatoms. The number of carbonyl (C=O) groups is 3. The van der Waals surface area contributed by atoms with Gasteiger partial charge >= 0.3 is 5.97 Å². The number of thioether (sulfide) groups is 1. The van der Waals surface area contributed by atoms with Crippen LogP contribution in [0.1, 0.15) is 12.5 Å². The van der Waals surface area contributed by atoms with E-state index < -0.39 is 18.5 Å². The first-order chi connectivity index (χ1) is 13.9. The molecule has 1 aliphatic heterocycles. The van der Waals surface area contributed by atoms with Gasteiger partial charge in [0.2, 0.25) is 0 Å². The van der Waals surface area contributed by atoms with E-state index in [9.17, 15) is 14.4 Å². The van der Waals surface area contributed by atoms with Gasteiger partial charge in [-0.3, -0.25) is 9.59 Å². The minimum absolute atomic E-state index is 0.271. The minimum Gasteiger partial charge on any atom is -0.490 e. The van der Waals surface area contributed by atoms with Crippen molar-refractivity contribution in [1.29, 1.82) is 0 Å². The average Bonchev–Trinajstić information content (AvgIpc) is 2.95. The lowest BCUT2D eigenvalue weighted by Gasteiger charge is -2.14. The van der Waals surface area contributed by atoms with E-state index in [1.807, 2.05) is 0 Å². The zero-order valence-corrected chi connectivity index (χ0v) is 17.7. The summed E-state index contributed by atoms with van der Waals surface area (Å²) in [6.07, 6.45) is 1.59. The predicted octanol–water partition coefficient (Wildman–Crippen LogP) is 4.55. The maximum absolute atomic E-state index is 12.8. The molecule has 2 aromatic rings. The van der Waals surface area contributed by atoms with Crippen LogP contribution in [0.15, 0.2) is 51.8 Å². The lowest BCUT2D eigenvalue weighted by molar-refractivity contribution is -0.139. The van der Waals surface area contributed by atoms with E-state index in [0.29, 0.717) is 28.1 Å². The maximum atomic E-state index is 12.8. The first-order valence-electron chi connectivity index (χ1n) is 8.54. The second-order valence-electron chi connectivity index (χ2n) is 5.79. The highest BCUT2D eigenvalue weighted by atomic mass is 79.9. The first-order valence-corrected chi connectivity index (χ1v) is 10.2. The van der Waals surface area contributed by atoms with Crippen LogP contribution < -0.4 is 14.4 Å². The zero-order chi connectivity index (χ0) is 21.0. The highest BCUT2D eigenvalue weighted by molar-refractivity contribution is 9.10. The van der Waals surface area contributed by atoms with Gasteiger partial charge in [0, 0.05) is 4.47 Å². The van der Waals surface area contributed by atoms with Gasteiger partial charge < -0.3 is 14.6 Å². The Morgan fingerprint density at radius 1 is 1.17 bits per heavy atom. The van der Waals surface area contributed by atoms with Gasteiger partial charge in [0.25, 0.3) is 11.1 Å². The lowest BCUT2D eigenvalue weighted by Crippen LogP contribution is -2.27. The highest BCUT2D eigenvalue weighted by Crippen LogP contribution is 2.39. The van der Waals surface area contributed by atoms with Gasteiger partial charge in [-0.05, 0) is 70.5 Å². The van der Waals surface area contributed by atoms with Gasteiger partial charge in [0.1, 0.15) is 0 Å². The standard InChI is InChI=1S/C20H16BrNO6S/c1-2-27-16-9-12(7-8-15(16)28-11-18(23)24)10-17-19(25)22(20(26)29-17)14-6-4-3-5-13(14)21/h3-10H,2,11H2,1H3,(H,23,24)/b17-10+. The second-order valence-corrected chi connectivity index (χ2v) is 7.64. The fourth-order valence-electron chi connectivity index (χ4n) is 2.60. The van der Waals surface area contributed by atoms with Crippen molar-refractivity contribution in [2.24, 2.45) is 0 Å². The van der Waals surface area contributed by atoms with Crippen molar-refractivity contribution in [2.75, 3.05) is 18.1 Å². The number of nitrogens with zero attached hydrogens (tertiary/aromatic N) is 1.